The maximum atomic E-state index is 13.8. The van der Waals surface area contributed by atoms with E-state index in [1.807, 2.05) is 25.1 Å². The number of benzene rings is 2. The molecule has 2 rings (SSSR count). The quantitative estimate of drug-likeness (QED) is 0.852. The fourth-order valence-corrected chi connectivity index (χ4v) is 2.40. The third-order valence-corrected chi connectivity index (χ3v) is 4.26. The van der Waals surface area contributed by atoms with Crippen molar-refractivity contribution >= 4 is 27.5 Å². The summed E-state index contributed by atoms with van der Waals surface area (Å²) < 4.78 is 14.9. The molecule has 0 heterocycles. The van der Waals surface area contributed by atoms with Gasteiger partial charge in [0.25, 0.3) is 0 Å². The monoisotopic (exact) mass is 341 g/mol. The van der Waals surface area contributed by atoms with E-state index in [0.29, 0.717) is 12.0 Å². The largest absolute Gasteiger partial charge is 0.324 e. The normalized spacial score (nSPS) is 12.5. The molecule has 100 valence electrons. The number of hydrogen-bond donors (Lipinski definition) is 1. The minimum atomic E-state index is -0.381. The van der Waals surface area contributed by atoms with Gasteiger partial charge in [0.1, 0.15) is 5.82 Å². The summed E-state index contributed by atoms with van der Waals surface area (Å²) in [5.74, 6) is -0.381. The van der Waals surface area contributed by atoms with Gasteiger partial charge in [-0.15, -0.1) is 0 Å². The van der Waals surface area contributed by atoms with Crippen molar-refractivity contribution in [3.63, 3.8) is 0 Å². The van der Waals surface area contributed by atoms with Crippen molar-refractivity contribution in [2.24, 2.45) is 5.73 Å². The van der Waals surface area contributed by atoms with Crippen LogP contribution >= 0.6 is 27.5 Å². The minimum Gasteiger partial charge on any atom is -0.324 e. The minimum absolute atomic E-state index is 0.136. The zero-order valence-electron chi connectivity index (χ0n) is 10.5. The fraction of sp³-hybridized carbons (Fsp3) is 0.200. The Labute approximate surface area is 125 Å². The van der Waals surface area contributed by atoms with Gasteiger partial charge in [0.05, 0.1) is 5.02 Å². The van der Waals surface area contributed by atoms with Crippen molar-refractivity contribution in [2.45, 2.75) is 19.4 Å². The van der Waals surface area contributed by atoms with Crippen LogP contribution in [0.3, 0.4) is 0 Å². The van der Waals surface area contributed by atoms with Crippen LogP contribution in [0.5, 0.6) is 0 Å². The lowest BCUT2D eigenvalue weighted by Gasteiger charge is -2.14. The average molecular weight is 343 g/mol. The second kappa shape index (κ2) is 6.04. The molecule has 0 bridgehead atoms. The Kier molecular flexibility index (Phi) is 4.61. The van der Waals surface area contributed by atoms with Crippen LogP contribution in [0.4, 0.5) is 4.39 Å². The van der Waals surface area contributed by atoms with E-state index >= 15 is 0 Å². The summed E-state index contributed by atoms with van der Waals surface area (Å²) in [5.41, 5.74) is 8.78. The van der Waals surface area contributed by atoms with Crippen LogP contribution in [-0.2, 0) is 6.42 Å². The second-order valence-electron chi connectivity index (χ2n) is 4.53. The van der Waals surface area contributed by atoms with Gasteiger partial charge < -0.3 is 5.73 Å². The summed E-state index contributed by atoms with van der Waals surface area (Å²) in [4.78, 5) is 0. The summed E-state index contributed by atoms with van der Waals surface area (Å²) >= 11 is 9.22. The molecule has 0 aliphatic rings. The number of hydrogen-bond acceptors (Lipinski definition) is 1. The van der Waals surface area contributed by atoms with Crippen molar-refractivity contribution in [1.29, 1.82) is 0 Å². The lowest BCUT2D eigenvalue weighted by atomic mass is 9.98. The Balaban J connectivity index is 2.23. The lowest BCUT2D eigenvalue weighted by molar-refractivity contribution is 0.593. The molecule has 2 aromatic carbocycles. The van der Waals surface area contributed by atoms with Crippen LogP contribution in [0, 0.1) is 12.7 Å². The van der Waals surface area contributed by atoms with Gasteiger partial charge in [-0.25, -0.2) is 4.39 Å². The van der Waals surface area contributed by atoms with Crippen molar-refractivity contribution in [1.82, 2.24) is 0 Å². The molecule has 1 nitrogen and oxygen atoms in total. The summed E-state index contributed by atoms with van der Waals surface area (Å²) in [5, 5.41) is 0.136. The van der Waals surface area contributed by atoms with Crippen molar-refractivity contribution in [3.8, 4) is 0 Å². The third kappa shape index (κ3) is 3.35. The smallest absolute Gasteiger partial charge is 0.145 e. The molecule has 1 atom stereocenters. The van der Waals surface area contributed by atoms with E-state index in [4.69, 9.17) is 17.3 Å². The van der Waals surface area contributed by atoms with E-state index in [1.54, 1.807) is 12.1 Å². The van der Waals surface area contributed by atoms with Crippen molar-refractivity contribution in [3.05, 3.63) is 68.4 Å². The first-order valence-corrected chi connectivity index (χ1v) is 7.10. The third-order valence-electron chi connectivity index (χ3n) is 3.08. The van der Waals surface area contributed by atoms with E-state index in [2.05, 4.69) is 15.9 Å². The zero-order chi connectivity index (χ0) is 14.0. The first kappa shape index (κ1) is 14.5. The Morgan fingerprint density at radius 3 is 2.74 bits per heavy atom. The topological polar surface area (TPSA) is 26.0 Å². The maximum absolute atomic E-state index is 13.8. The summed E-state index contributed by atoms with van der Waals surface area (Å²) in [6, 6.07) is 10.7. The maximum Gasteiger partial charge on any atom is 0.145 e. The first-order valence-electron chi connectivity index (χ1n) is 5.93. The van der Waals surface area contributed by atoms with Crippen LogP contribution in [0.2, 0.25) is 5.02 Å². The van der Waals surface area contributed by atoms with Gasteiger partial charge >= 0.3 is 0 Å². The lowest BCUT2D eigenvalue weighted by Crippen LogP contribution is -2.14. The van der Waals surface area contributed by atoms with Crippen LogP contribution in [-0.4, -0.2) is 0 Å². The van der Waals surface area contributed by atoms with Crippen LogP contribution in [0.15, 0.2) is 40.9 Å². The van der Waals surface area contributed by atoms with E-state index < -0.39 is 0 Å². The fourth-order valence-electron chi connectivity index (χ4n) is 1.96. The molecule has 2 aromatic rings. The van der Waals surface area contributed by atoms with Crippen LogP contribution < -0.4 is 5.73 Å². The molecule has 0 saturated carbocycles. The predicted octanol–water partition coefficient (Wildman–Crippen LogP) is 4.79. The summed E-state index contributed by atoms with van der Waals surface area (Å²) in [6.07, 6.45) is 0.424. The highest BCUT2D eigenvalue weighted by atomic mass is 79.9. The zero-order valence-corrected chi connectivity index (χ0v) is 12.8. The molecule has 0 radical (unpaired) electrons. The molecule has 4 heteroatoms. The van der Waals surface area contributed by atoms with Crippen molar-refractivity contribution in [2.75, 3.05) is 0 Å². The Morgan fingerprint density at radius 2 is 2.05 bits per heavy atom. The van der Waals surface area contributed by atoms with Gasteiger partial charge in [-0.05, 0) is 42.2 Å². The number of rotatable bonds is 3. The van der Waals surface area contributed by atoms with Gasteiger partial charge in [0, 0.05) is 10.5 Å². The number of aryl methyl sites for hydroxylation is 1. The Bertz CT molecular complexity index is 601. The van der Waals surface area contributed by atoms with Gasteiger partial charge in [0.15, 0.2) is 0 Å². The molecule has 0 aromatic heterocycles. The van der Waals surface area contributed by atoms with E-state index in [1.165, 1.54) is 6.07 Å². The molecular weight excluding hydrogens is 329 g/mol. The predicted molar refractivity (Wildman–Crippen MR) is 80.9 cm³/mol. The van der Waals surface area contributed by atoms with Gasteiger partial charge in [-0.3, -0.25) is 0 Å². The Morgan fingerprint density at radius 1 is 1.32 bits per heavy atom. The molecule has 0 saturated heterocycles. The highest BCUT2D eigenvalue weighted by molar-refractivity contribution is 9.10. The van der Waals surface area contributed by atoms with E-state index in [-0.39, 0.29) is 16.9 Å². The highest BCUT2D eigenvalue weighted by Gasteiger charge is 2.13. The molecule has 0 aliphatic heterocycles. The molecule has 0 fully saturated rings. The SMILES string of the molecule is Cc1cc(C(N)Cc2cccc(Cl)c2F)ccc1Br. The first-order chi connectivity index (χ1) is 8.99. The van der Waals surface area contributed by atoms with E-state index in [0.717, 1.165) is 15.6 Å². The van der Waals surface area contributed by atoms with Gasteiger partial charge in [-0.2, -0.15) is 0 Å². The molecule has 0 amide bonds. The number of nitrogens with two attached hydrogens (primary N) is 1. The van der Waals surface area contributed by atoms with Crippen LogP contribution in [0.1, 0.15) is 22.7 Å². The molecular formula is C15H14BrClFN. The average Bonchev–Trinajstić information content (AvgIpc) is 2.38. The van der Waals surface area contributed by atoms with E-state index in [9.17, 15) is 4.39 Å². The highest BCUT2D eigenvalue weighted by Crippen LogP contribution is 2.25. The van der Waals surface area contributed by atoms with Gasteiger partial charge in [-0.1, -0.05) is 51.8 Å². The number of halogens is 3. The van der Waals surface area contributed by atoms with Gasteiger partial charge in [0.2, 0.25) is 0 Å². The second-order valence-corrected chi connectivity index (χ2v) is 5.79. The Hall–Kier alpha value is -0.900. The standard InChI is InChI=1S/C15H14BrClFN/c1-9-7-10(5-6-12(9)16)14(19)8-11-3-2-4-13(17)15(11)18/h2-7,14H,8,19H2,1H3. The summed E-state index contributed by atoms with van der Waals surface area (Å²) in [6.45, 7) is 2.00. The van der Waals surface area contributed by atoms with Crippen molar-refractivity contribution < 1.29 is 4.39 Å². The molecule has 0 spiro atoms. The molecule has 1 unspecified atom stereocenters. The molecule has 2 N–H and O–H groups in total. The van der Waals surface area contributed by atoms with Crippen LogP contribution in [0.25, 0.3) is 0 Å². The molecule has 19 heavy (non-hydrogen) atoms. The molecule has 0 aliphatic carbocycles. The summed E-state index contributed by atoms with van der Waals surface area (Å²) in [7, 11) is 0.